The van der Waals surface area contributed by atoms with E-state index in [1.165, 1.54) is 0 Å². The van der Waals surface area contributed by atoms with Crippen LogP contribution in [0.5, 0.6) is 11.5 Å². The van der Waals surface area contributed by atoms with Crippen LogP contribution in [0, 0.1) is 0 Å². The van der Waals surface area contributed by atoms with Crippen molar-refractivity contribution in [2.75, 3.05) is 13.2 Å². The fourth-order valence-corrected chi connectivity index (χ4v) is 3.90. The highest BCUT2D eigenvalue weighted by Crippen LogP contribution is 2.31. The molecule has 2 amide bonds. The van der Waals surface area contributed by atoms with Crippen LogP contribution in [-0.2, 0) is 22.6 Å². The minimum atomic E-state index is -0.575. The number of rotatable bonds is 8. The van der Waals surface area contributed by atoms with Crippen molar-refractivity contribution in [2.24, 2.45) is 0 Å². The summed E-state index contributed by atoms with van der Waals surface area (Å²) in [5.41, 5.74) is 1.96. The van der Waals surface area contributed by atoms with E-state index in [1.54, 1.807) is 11.8 Å². The van der Waals surface area contributed by atoms with Crippen LogP contribution >= 0.6 is 15.9 Å². The predicted molar refractivity (Wildman–Crippen MR) is 123 cm³/mol. The van der Waals surface area contributed by atoms with E-state index in [0.29, 0.717) is 38.3 Å². The van der Waals surface area contributed by atoms with Gasteiger partial charge in [-0.25, -0.2) is 0 Å². The summed E-state index contributed by atoms with van der Waals surface area (Å²) >= 11 is 3.47. The third-order valence-electron chi connectivity index (χ3n) is 5.07. The molecule has 1 aliphatic heterocycles. The number of ether oxygens (including phenoxy) is 2. The van der Waals surface area contributed by atoms with Crippen molar-refractivity contribution in [3.05, 3.63) is 58.1 Å². The molecule has 1 atom stereocenters. The molecule has 0 spiro atoms. The van der Waals surface area contributed by atoms with Crippen molar-refractivity contribution < 1.29 is 19.1 Å². The average molecular weight is 489 g/mol. The van der Waals surface area contributed by atoms with Gasteiger partial charge in [-0.05, 0) is 62.6 Å². The Morgan fingerprint density at radius 3 is 2.48 bits per heavy atom. The zero-order chi connectivity index (χ0) is 22.4. The van der Waals surface area contributed by atoms with E-state index in [4.69, 9.17) is 9.47 Å². The van der Waals surface area contributed by atoms with Gasteiger partial charge >= 0.3 is 0 Å². The van der Waals surface area contributed by atoms with E-state index in [-0.39, 0.29) is 17.9 Å². The van der Waals surface area contributed by atoms with Gasteiger partial charge < -0.3 is 19.7 Å². The molecule has 1 N–H and O–H groups in total. The average Bonchev–Trinajstić information content (AvgIpc) is 2.74. The Kier molecular flexibility index (Phi) is 7.96. The van der Waals surface area contributed by atoms with Crippen molar-refractivity contribution >= 4 is 27.7 Å². The van der Waals surface area contributed by atoms with E-state index in [1.807, 2.05) is 56.3 Å². The summed E-state index contributed by atoms with van der Waals surface area (Å²) < 4.78 is 12.1. The zero-order valence-electron chi connectivity index (χ0n) is 18.2. The van der Waals surface area contributed by atoms with Crippen LogP contribution in [0.3, 0.4) is 0 Å². The van der Waals surface area contributed by atoms with E-state index >= 15 is 0 Å². The van der Waals surface area contributed by atoms with E-state index in [0.717, 1.165) is 21.3 Å². The Labute approximate surface area is 192 Å². The first-order chi connectivity index (χ1) is 14.8. The first-order valence-corrected chi connectivity index (χ1v) is 11.4. The summed E-state index contributed by atoms with van der Waals surface area (Å²) in [6, 6.07) is 13.0. The minimum Gasteiger partial charge on any atom is -0.486 e. The molecule has 7 heteroatoms. The lowest BCUT2D eigenvalue weighted by molar-refractivity contribution is -0.140. The van der Waals surface area contributed by atoms with Crippen LogP contribution in [-0.4, -0.2) is 42.0 Å². The van der Waals surface area contributed by atoms with Crippen LogP contribution in [0.25, 0.3) is 0 Å². The number of benzene rings is 2. The topological polar surface area (TPSA) is 67.9 Å². The van der Waals surface area contributed by atoms with Gasteiger partial charge in [0.1, 0.15) is 19.3 Å². The standard InChI is InChI=1S/C24H29BrN2O4/c1-16(2)26-24(29)17(3)27(15-19-5-4-6-20(25)13-19)23(28)10-8-18-7-9-21-22(14-18)31-12-11-30-21/h4-7,9,13-14,16-17H,8,10-12,15H2,1-3H3,(H,26,29)/t17-/m1/s1. The molecule has 0 saturated carbocycles. The van der Waals surface area contributed by atoms with Crippen LogP contribution in [0.1, 0.15) is 38.3 Å². The Bertz CT molecular complexity index is 932. The van der Waals surface area contributed by atoms with E-state index in [9.17, 15) is 9.59 Å². The molecule has 31 heavy (non-hydrogen) atoms. The number of fused-ring (bicyclic) bond motifs is 1. The highest BCUT2D eigenvalue weighted by atomic mass is 79.9. The number of nitrogens with one attached hydrogen (secondary N) is 1. The molecule has 6 nitrogen and oxygen atoms in total. The number of nitrogens with zero attached hydrogens (tertiary/aromatic N) is 1. The van der Waals surface area contributed by atoms with Gasteiger partial charge in [-0.2, -0.15) is 0 Å². The Morgan fingerprint density at radius 2 is 1.77 bits per heavy atom. The molecular formula is C24H29BrN2O4. The van der Waals surface area contributed by atoms with Gasteiger partial charge in [-0.1, -0.05) is 34.1 Å². The van der Waals surface area contributed by atoms with Gasteiger partial charge in [0.05, 0.1) is 0 Å². The number of hydrogen-bond acceptors (Lipinski definition) is 4. The van der Waals surface area contributed by atoms with Gasteiger partial charge in [0.15, 0.2) is 11.5 Å². The first-order valence-electron chi connectivity index (χ1n) is 10.6. The molecule has 166 valence electrons. The summed E-state index contributed by atoms with van der Waals surface area (Å²) in [4.78, 5) is 27.5. The lowest BCUT2D eigenvalue weighted by Crippen LogP contribution is -2.49. The van der Waals surface area contributed by atoms with Crippen molar-refractivity contribution in [1.29, 1.82) is 0 Å². The van der Waals surface area contributed by atoms with Gasteiger partial charge in [-0.15, -0.1) is 0 Å². The van der Waals surface area contributed by atoms with Crippen LogP contribution in [0.2, 0.25) is 0 Å². The summed E-state index contributed by atoms with van der Waals surface area (Å²) in [7, 11) is 0. The molecule has 0 radical (unpaired) electrons. The van der Waals surface area contributed by atoms with Crippen molar-refractivity contribution in [2.45, 2.75) is 52.2 Å². The van der Waals surface area contributed by atoms with E-state index in [2.05, 4.69) is 21.2 Å². The maximum Gasteiger partial charge on any atom is 0.242 e. The Morgan fingerprint density at radius 1 is 1.03 bits per heavy atom. The van der Waals surface area contributed by atoms with Crippen molar-refractivity contribution in [3.63, 3.8) is 0 Å². The maximum absolute atomic E-state index is 13.2. The summed E-state index contributed by atoms with van der Waals surface area (Å²) in [6.07, 6.45) is 0.857. The number of halogens is 1. The molecule has 1 aliphatic rings. The molecule has 0 aromatic heterocycles. The van der Waals surface area contributed by atoms with Crippen LogP contribution < -0.4 is 14.8 Å². The number of aryl methyl sites for hydroxylation is 1. The maximum atomic E-state index is 13.2. The van der Waals surface area contributed by atoms with Gasteiger partial charge in [0.25, 0.3) is 0 Å². The minimum absolute atomic E-state index is 0.00971. The molecular weight excluding hydrogens is 460 g/mol. The van der Waals surface area contributed by atoms with Crippen LogP contribution in [0.4, 0.5) is 0 Å². The smallest absolute Gasteiger partial charge is 0.242 e. The van der Waals surface area contributed by atoms with Gasteiger partial charge in [0.2, 0.25) is 11.8 Å². The molecule has 0 unspecified atom stereocenters. The van der Waals surface area contributed by atoms with Gasteiger partial charge in [0, 0.05) is 23.5 Å². The van der Waals surface area contributed by atoms with Crippen molar-refractivity contribution in [3.8, 4) is 11.5 Å². The lowest BCUT2D eigenvalue weighted by atomic mass is 10.1. The lowest BCUT2D eigenvalue weighted by Gasteiger charge is -2.29. The molecule has 0 fully saturated rings. The third-order valence-corrected chi connectivity index (χ3v) is 5.57. The quantitative estimate of drug-likeness (QED) is 0.607. The normalized spacial score (nSPS) is 13.6. The second-order valence-corrected chi connectivity index (χ2v) is 8.88. The Balaban J connectivity index is 1.72. The zero-order valence-corrected chi connectivity index (χ0v) is 19.8. The molecule has 2 aromatic carbocycles. The number of hydrogen-bond donors (Lipinski definition) is 1. The second-order valence-electron chi connectivity index (χ2n) is 7.97. The molecule has 3 rings (SSSR count). The summed E-state index contributed by atoms with van der Waals surface area (Å²) in [6.45, 7) is 7.04. The fraction of sp³-hybridized carbons (Fsp3) is 0.417. The highest BCUT2D eigenvalue weighted by molar-refractivity contribution is 9.10. The summed E-state index contributed by atoms with van der Waals surface area (Å²) in [5, 5.41) is 2.91. The third kappa shape index (κ3) is 6.47. The predicted octanol–water partition coefficient (Wildman–Crippen LogP) is 4.09. The monoisotopic (exact) mass is 488 g/mol. The number of carbonyl (C=O) groups is 2. The highest BCUT2D eigenvalue weighted by Gasteiger charge is 2.26. The van der Waals surface area contributed by atoms with Crippen LogP contribution in [0.15, 0.2) is 46.9 Å². The largest absolute Gasteiger partial charge is 0.486 e. The van der Waals surface area contributed by atoms with E-state index < -0.39 is 6.04 Å². The summed E-state index contributed by atoms with van der Waals surface area (Å²) in [5.74, 6) is 1.22. The Hall–Kier alpha value is -2.54. The molecule has 0 saturated heterocycles. The SMILES string of the molecule is CC(C)NC(=O)[C@@H](C)N(Cc1cccc(Br)c1)C(=O)CCc1ccc2c(c1)OCCO2. The van der Waals surface area contributed by atoms with Crippen molar-refractivity contribution in [1.82, 2.24) is 10.2 Å². The molecule has 0 bridgehead atoms. The number of carbonyl (C=O) groups excluding carboxylic acids is 2. The fourth-order valence-electron chi connectivity index (χ4n) is 3.46. The van der Waals surface area contributed by atoms with Gasteiger partial charge in [-0.3, -0.25) is 9.59 Å². The first kappa shape index (κ1) is 23.1. The second kappa shape index (κ2) is 10.7. The molecule has 0 aliphatic carbocycles. The molecule has 2 aromatic rings. The number of amides is 2. The molecule has 1 heterocycles.